The van der Waals surface area contributed by atoms with Crippen LogP contribution in [0.5, 0.6) is 0 Å². The standard InChI is InChI=1S/C12H25NO/c1-11-5-6-12(9-11)10-13-7-3-4-8-14-2/h11-13H,3-10H2,1-2H3. The van der Waals surface area contributed by atoms with Crippen molar-refractivity contribution in [2.75, 3.05) is 26.8 Å². The third-order valence-corrected chi connectivity index (χ3v) is 3.19. The molecular weight excluding hydrogens is 174 g/mol. The maximum absolute atomic E-state index is 5.01. The van der Waals surface area contributed by atoms with Gasteiger partial charge in [0.2, 0.25) is 0 Å². The molecule has 0 aromatic carbocycles. The zero-order valence-corrected chi connectivity index (χ0v) is 9.72. The quantitative estimate of drug-likeness (QED) is 0.636. The summed E-state index contributed by atoms with van der Waals surface area (Å²) < 4.78 is 5.01. The molecule has 0 saturated heterocycles. The van der Waals surface area contributed by atoms with Gasteiger partial charge in [0.05, 0.1) is 0 Å². The first-order valence-corrected chi connectivity index (χ1v) is 6.02. The van der Waals surface area contributed by atoms with Crippen LogP contribution in [0.25, 0.3) is 0 Å². The molecule has 2 heteroatoms. The van der Waals surface area contributed by atoms with E-state index < -0.39 is 0 Å². The van der Waals surface area contributed by atoms with Crippen LogP contribution in [0, 0.1) is 11.8 Å². The van der Waals surface area contributed by atoms with Gasteiger partial charge in [-0.3, -0.25) is 0 Å². The van der Waals surface area contributed by atoms with Crippen molar-refractivity contribution in [2.45, 2.75) is 39.0 Å². The molecule has 2 unspecified atom stereocenters. The average molecular weight is 199 g/mol. The zero-order chi connectivity index (χ0) is 10.2. The van der Waals surface area contributed by atoms with Crippen LogP contribution in [0.4, 0.5) is 0 Å². The highest BCUT2D eigenvalue weighted by Gasteiger charge is 2.20. The van der Waals surface area contributed by atoms with E-state index in [0.717, 1.165) is 25.0 Å². The molecule has 2 nitrogen and oxygen atoms in total. The van der Waals surface area contributed by atoms with Gasteiger partial charge in [-0.25, -0.2) is 0 Å². The fourth-order valence-corrected chi connectivity index (χ4v) is 2.31. The Hall–Kier alpha value is -0.0800. The Labute approximate surface area is 88.4 Å². The molecule has 2 atom stereocenters. The number of hydrogen-bond acceptors (Lipinski definition) is 2. The first-order valence-electron chi connectivity index (χ1n) is 6.02. The SMILES string of the molecule is COCCCCNCC1CCC(C)C1. The smallest absolute Gasteiger partial charge is 0.0462 e. The Kier molecular flexibility index (Phi) is 6.20. The second-order valence-corrected chi connectivity index (χ2v) is 4.69. The van der Waals surface area contributed by atoms with Gasteiger partial charge in [0.15, 0.2) is 0 Å². The minimum atomic E-state index is 0.905. The Morgan fingerprint density at radius 1 is 1.29 bits per heavy atom. The van der Waals surface area contributed by atoms with E-state index in [9.17, 15) is 0 Å². The van der Waals surface area contributed by atoms with Gasteiger partial charge in [0.1, 0.15) is 0 Å². The minimum absolute atomic E-state index is 0.905. The maximum Gasteiger partial charge on any atom is 0.0462 e. The summed E-state index contributed by atoms with van der Waals surface area (Å²) in [5.41, 5.74) is 0. The molecule has 1 fully saturated rings. The summed E-state index contributed by atoms with van der Waals surface area (Å²) in [4.78, 5) is 0. The van der Waals surface area contributed by atoms with Crippen molar-refractivity contribution >= 4 is 0 Å². The van der Waals surface area contributed by atoms with Crippen molar-refractivity contribution in [3.8, 4) is 0 Å². The maximum atomic E-state index is 5.01. The summed E-state index contributed by atoms with van der Waals surface area (Å²) in [6, 6.07) is 0. The fourth-order valence-electron chi connectivity index (χ4n) is 2.31. The Balaban J connectivity index is 1.84. The van der Waals surface area contributed by atoms with Crippen molar-refractivity contribution in [3.05, 3.63) is 0 Å². The lowest BCUT2D eigenvalue weighted by molar-refractivity contribution is 0.192. The van der Waals surface area contributed by atoms with Crippen LogP contribution in [0.3, 0.4) is 0 Å². The molecule has 14 heavy (non-hydrogen) atoms. The molecule has 0 bridgehead atoms. The van der Waals surface area contributed by atoms with Crippen LogP contribution in [0.15, 0.2) is 0 Å². The van der Waals surface area contributed by atoms with Gasteiger partial charge < -0.3 is 10.1 Å². The van der Waals surface area contributed by atoms with E-state index in [1.165, 1.54) is 38.6 Å². The van der Waals surface area contributed by atoms with E-state index in [4.69, 9.17) is 4.74 Å². The molecule has 1 saturated carbocycles. The van der Waals surface area contributed by atoms with E-state index >= 15 is 0 Å². The van der Waals surface area contributed by atoms with Crippen LogP contribution < -0.4 is 5.32 Å². The first-order chi connectivity index (χ1) is 6.83. The van der Waals surface area contributed by atoms with Crippen LogP contribution in [0.1, 0.15) is 39.0 Å². The molecule has 84 valence electrons. The molecule has 0 heterocycles. The molecule has 1 N–H and O–H groups in total. The van der Waals surface area contributed by atoms with E-state index in [2.05, 4.69) is 12.2 Å². The van der Waals surface area contributed by atoms with Crippen molar-refractivity contribution in [1.29, 1.82) is 0 Å². The molecule has 0 amide bonds. The topological polar surface area (TPSA) is 21.3 Å². The summed E-state index contributed by atoms with van der Waals surface area (Å²) in [5.74, 6) is 1.92. The lowest BCUT2D eigenvalue weighted by Crippen LogP contribution is -2.22. The van der Waals surface area contributed by atoms with Crippen LogP contribution in [-0.2, 0) is 4.74 Å². The van der Waals surface area contributed by atoms with Crippen LogP contribution >= 0.6 is 0 Å². The normalized spacial score (nSPS) is 27.0. The molecule has 0 spiro atoms. The van der Waals surface area contributed by atoms with Gasteiger partial charge in [0.25, 0.3) is 0 Å². The third kappa shape index (κ3) is 4.97. The summed E-state index contributed by atoms with van der Waals surface area (Å²) in [6.45, 7) is 5.67. The molecule has 1 aliphatic carbocycles. The van der Waals surface area contributed by atoms with Crippen LogP contribution in [0.2, 0.25) is 0 Å². The Morgan fingerprint density at radius 2 is 2.14 bits per heavy atom. The lowest BCUT2D eigenvalue weighted by Gasteiger charge is -2.10. The molecular formula is C12H25NO. The highest BCUT2D eigenvalue weighted by Crippen LogP contribution is 2.29. The van der Waals surface area contributed by atoms with E-state index in [1.807, 2.05) is 0 Å². The van der Waals surface area contributed by atoms with E-state index in [-0.39, 0.29) is 0 Å². The number of rotatable bonds is 7. The molecule has 1 rings (SSSR count). The van der Waals surface area contributed by atoms with Crippen molar-refractivity contribution < 1.29 is 4.74 Å². The van der Waals surface area contributed by atoms with Crippen molar-refractivity contribution in [2.24, 2.45) is 11.8 Å². The monoisotopic (exact) mass is 199 g/mol. The first kappa shape index (κ1) is 12.0. The molecule has 0 aromatic rings. The average Bonchev–Trinajstić information content (AvgIpc) is 2.58. The highest BCUT2D eigenvalue weighted by molar-refractivity contribution is 4.74. The van der Waals surface area contributed by atoms with Crippen molar-refractivity contribution in [1.82, 2.24) is 5.32 Å². The van der Waals surface area contributed by atoms with Gasteiger partial charge in [-0.15, -0.1) is 0 Å². The second kappa shape index (κ2) is 7.24. The minimum Gasteiger partial charge on any atom is -0.385 e. The number of nitrogens with one attached hydrogen (secondary N) is 1. The molecule has 0 aliphatic heterocycles. The summed E-state index contributed by atoms with van der Waals surface area (Å²) in [5, 5.41) is 3.55. The van der Waals surface area contributed by atoms with Gasteiger partial charge in [-0.1, -0.05) is 13.3 Å². The number of ether oxygens (including phenoxy) is 1. The van der Waals surface area contributed by atoms with E-state index in [1.54, 1.807) is 7.11 Å². The largest absolute Gasteiger partial charge is 0.385 e. The van der Waals surface area contributed by atoms with Gasteiger partial charge in [0, 0.05) is 13.7 Å². The Morgan fingerprint density at radius 3 is 2.79 bits per heavy atom. The highest BCUT2D eigenvalue weighted by atomic mass is 16.5. The number of hydrogen-bond donors (Lipinski definition) is 1. The van der Waals surface area contributed by atoms with E-state index in [0.29, 0.717) is 0 Å². The predicted octanol–water partition coefficient (Wildman–Crippen LogP) is 2.44. The van der Waals surface area contributed by atoms with Crippen molar-refractivity contribution in [3.63, 3.8) is 0 Å². The zero-order valence-electron chi connectivity index (χ0n) is 9.72. The number of methoxy groups -OCH3 is 1. The Bertz CT molecular complexity index is 138. The van der Waals surface area contributed by atoms with Gasteiger partial charge in [-0.05, 0) is 50.6 Å². The van der Waals surface area contributed by atoms with Crippen LogP contribution in [-0.4, -0.2) is 26.8 Å². The second-order valence-electron chi connectivity index (χ2n) is 4.69. The molecule has 0 radical (unpaired) electrons. The number of unbranched alkanes of at least 4 members (excludes halogenated alkanes) is 1. The lowest BCUT2D eigenvalue weighted by atomic mass is 10.1. The summed E-state index contributed by atoms with van der Waals surface area (Å²) >= 11 is 0. The van der Waals surface area contributed by atoms with Gasteiger partial charge >= 0.3 is 0 Å². The van der Waals surface area contributed by atoms with Gasteiger partial charge in [-0.2, -0.15) is 0 Å². The third-order valence-electron chi connectivity index (χ3n) is 3.19. The fraction of sp³-hybridized carbons (Fsp3) is 1.00. The summed E-state index contributed by atoms with van der Waals surface area (Å²) in [7, 11) is 1.77. The predicted molar refractivity (Wildman–Crippen MR) is 60.5 cm³/mol. The molecule has 0 aromatic heterocycles. The summed E-state index contributed by atoms with van der Waals surface area (Å²) in [6.07, 6.45) is 6.74. The molecule has 1 aliphatic rings.